The molecule has 0 aliphatic heterocycles. The Morgan fingerprint density at radius 1 is 0.977 bits per heavy atom. The van der Waals surface area contributed by atoms with Crippen LogP contribution in [0.3, 0.4) is 0 Å². The number of nitrogens with one attached hydrogen (secondary N) is 1. The molecule has 0 saturated heterocycles. The van der Waals surface area contributed by atoms with Crippen LogP contribution in [0.1, 0.15) is 83.6 Å². The maximum Gasteiger partial charge on any atom is 0.326 e. The molecule has 1 aromatic rings. The number of carbonyl (C=O) groups excluding carboxylic acids is 4. The average molecular weight is 594 g/mol. The van der Waals surface area contributed by atoms with E-state index in [4.69, 9.17) is 4.74 Å². The SMILES string of the molecule is CC12CCC(=O)C=C1CCC1C2CCC2(C)C1CCC2(O)C(=O)COC(=O)CCC(=O)NC(Cc1ccccc1)C(=O)O. The van der Waals surface area contributed by atoms with Crippen molar-refractivity contribution in [2.24, 2.45) is 28.6 Å². The maximum atomic E-state index is 13.4. The van der Waals surface area contributed by atoms with Crippen molar-refractivity contribution in [2.75, 3.05) is 6.61 Å². The molecule has 9 heteroatoms. The Morgan fingerprint density at radius 2 is 1.70 bits per heavy atom. The number of carbonyl (C=O) groups is 5. The summed E-state index contributed by atoms with van der Waals surface area (Å²) in [5, 5.41) is 23.8. The molecular weight excluding hydrogens is 550 g/mol. The van der Waals surface area contributed by atoms with Crippen LogP contribution in [-0.2, 0) is 35.1 Å². The molecule has 0 heterocycles. The Hall–Kier alpha value is -3.33. The lowest BCUT2D eigenvalue weighted by molar-refractivity contribution is -0.170. The van der Waals surface area contributed by atoms with Gasteiger partial charge in [0, 0.05) is 24.7 Å². The summed E-state index contributed by atoms with van der Waals surface area (Å²) in [7, 11) is 0. The smallest absolute Gasteiger partial charge is 0.326 e. The topological polar surface area (TPSA) is 147 Å². The molecule has 4 aliphatic carbocycles. The van der Waals surface area contributed by atoms with Crippen molar-refractivity contribution in [1.82, 2.24) is 5.32 Å². The Labute approximate surface area is 252 Å². The lowest BCUT2D eigenvalue weighted by atomic mass is 9.46. The fraction of sp³-hybridized carbons (Fsp3) is 0.618. The van der Waals surface area contributed by atoms with Gasteiger partial charge in [-0.1, -0.05) is 49.8 Å². The zero-order valence-corrected chi connectivity index (χ0v) is 25.1. The quantitative estimate of drug-likeness (QED) is 0.346. The summed E-state index contributed by atoms with van der Waals surface area (Å²) in [4.78, 5) is 62.0. The van der Waals surface area contributed by atoms with E-state index in [1.807, 2.05) is 19.1 Å². The van der Waals surface area contributed by atoms with Crippen molar-refractivity contribution in [3.05, 3.63) is 47.5 Å². The number of esters is 1. The molecular formula is C34H43NO8. The molecule has 0 bridgehead atoms. The number of amides is 1. The zero-order valence-electron chi connectivity index (χ0n) is 25.1. The van der Waals surface area contributed by atoms with E-state index in [1.165, 1.54) is 5.57 Å². The normalized spacial score (nSPS) is 33.7. The third-order valence-corrected chi connectivity index (χ3v) is 11.4. The van der Waals surface area contributed by atoms with Crippen molar-refractivity contribution < 1.29 is 38.9 Å². The van der Waals surface area contributed by atoms with E-state index in [9.17, 15) is 34.2 Å². The van der Waals surface area contributed by atoms with Gasteiger partial charge in [0.05, 0.1) is 6.42 Å². The van der Waals surface area contributed by atoms with Gasteiger partial charge >= 0.3 is 11.9 Å². The number of carboxylic acids is 1. The molecule has 4 aliphatic rings. The maximum absolute atomic E-state index is 13.4. The van der Waals surface area contributed by atoms with Crippen LogP contribution in [0.4, 0.5) is 0 Å². The first-order valence-electron chi connectivity index (χ1n) is 15.6. The van der Waals surface area contributed by atoms with Crippen LogP contribution in [-0.4, -0.2) is 57.9 Å². The van der Waals surface area contributed by atoms with Gasteiger partial charge in [0.2, 0.25) is 11.7 Å². The first-order valence-corrected chi connectivity index (χ1v) is 15.6. The number of rotatable bonds is 10. The van der Waals surface area contributed by atoms with Crippen LogP contribution < -0.4 is 5.32 Å². The van der Waals surface area contributed by atoms with Crippen molar-refractivity contribution in [1.29, 1.82) is 0 Å². The lowest BCUT2D eigenvalue weighted by Gasteiger charge is -2.58. The Morgan fingerprint density at radius 3 is 2.42 bits per heavy atom. The fourth-order valence-electron chi connectivity index (χ4n) is 8.90. The number of ketones is 2. The van der Waals surface area contributed by atoms with Gasteiger partial charge in [0.25, 0.3) is 0 Å². The largest absolute Gasteiger partial charge is 0.480 e. The Kier molecular flexibility index (Phi) is 8.67. The molecule has 43 heavy (non-hydrogen) atoms. The van der Waals surface area contributed by atoms with E-state index >= 15 is 0 Å². The number of hydrogen-bond acceptors (Lipinski definition) is 7. The first kappa shape index (κ1) is 31.1. The average Bonchev–Trinajstić information content (AvgIpc) is 3.26. The zero-order chi connectivity index (χ0) is 31.0. The highest BCUT2D eigenvalue weighted by molar-refractivity contribution is 5.92. The number of hydrogen-bond donors (Lipinski definition) is 3. The highest BCUT2D eigenvalue weighted by atomic mass is 16.5. The molecule has 5 rings (SSSR count). The summed E-state index contributed by atoms with van der Waals surface area (Å²) in [5.74, 6) is -1.85. The van der Waals surface area contributed by atoms with Crippen LogP contribution in [0, 0.1) is 28.6 Å². The molecule has 3 fully saturated rings. The van der Waals surface area contributed by atoms with Crippen LogP contribution in [0.25, 0.3) is 0 Å². The summed E-state index contributed by atoms with van der Waals surface area (Å²) in [6.07, 6.45) is 7.30. The first-order chi connectivity index (χ1) is 20.4. The molecule has 1 aromatic carbocycles. The summed E-state index contributed by atoms with van der Waals surface area (Å²) in [6.45, 7) is 3.74. The number of ether oxygens (including phenoxy) is 1. The number of Topliss-reactive ketones (excluding diaryl/α,β-unsaturated/α-hetero) is 1. The van der Waals surface area contributed by atoms with Crippen LogP contribution in [0.15, 0.2) is 42.0 Å². The van der Waals surface area contributed by atoms with E-state index in [1.54, 1.807) is 24.3 Å². The predicted molar refractivity (Wildman–Crippen MR) is 157 cm³/mol. The van der Waals surface area contributed by atoms with E-state index in [0.717, 1.165) is 37.7 Å². The van der Waals surface area contributed by atoms with Gasteiger partial charge in [0.1, 0.15) is 11.6 Å². The number of aliphatic carboxylic acids is 1. The van der Waals surface area contributed by atoms with Crippen molar-refractivity contribution in [3.63, 3.8) is 0 Å². The summed E-state index contributed by atoms with van der Waals surface area (Å²) in [5.41, 5.74) is -0.187. The number of allylic oxidation sites excluding steroid dienone is 1. The third kappa shape index (κ3) is 5.80. The molecule has 232 valence electrons. The minimum Gasteiger partial charge on any atom is -0.480 e. The monoisotopic (exact) mass is 593 g/mol. The van der Waals surface area contributed by atoms with Crippen LogP contribution >= 0.6 is 0 Å². The second-order valence-corrected chi connectivity index (χ2v) is 13.6. The van der Waals surface area contributed by atoms with E-state index in [2.05, 4.69) is 12.2 Å². The Bertz CT molecular complexity index is 1320. The van der Waals surface area contributed by atoms with Crippen LogP contribution in [0.2, 0.25) is 0 Å². The fourth-order valence-corrected chi connectivity index (χ4v) is 8.90. The highest BCUT2D eigenvalue weighted by Gasteiger charge is 2.66. The van der Waals surface area contributed by atoms with Crippen molar-refractivity contribution in [2.45, 2.75) is 96.1 Å². The van der Waals surface area contributed by atoms with Gasteiger partial charge in [0.15, 0.2) is 12.4 Å². The number of aliphatic hydroxyl groups is 1. The minimum absolute atomic E-state index is 0.00325. The number of carboxylic acid groups (broad SMARTS) is 1. The molecule has 3 N–H and O–H groups in total. The van der Waals surface area contributed by atoms with E-state index in [-0.39, 0.29) is 36.4 Å². The number of fused-ring (bicyclic) bond motifs is 5. The van der Waals surface area contributed by atoms with E-state index in [0.29, 0.717) is 31.1 Å². The molecule has 1 amide bonds. The molecule has 3 saturated carbocycles. The molecule has 9 nitrogen and oxygen atoms in total. The van der Waals surface area contributed by atoms with Gasteiger partial charge < -0.3 is 20.3 Å². The summed E-state index contributed by atoms with van der Waals surface area (Å²) < 4.78 is 5.22. The lowest BCUT2D eigenvalue weighted by Crippen LogP contribution is -2.58. The van der Waals surface area contributed by atoms with Gasteiger partial charge in [-0.2, -0.15) is 0 Å². The van der Waals surface area contributed by atoms with Crippen molar-refractivity contribution in [3.8, 4) is 0 Å². The van der Waals surface area contributed by atoms with Gasteiger partial charge in [-0.05, 0) is 79.8 Å². The second-order valence-electron chi connectivity index (χ2n) is 13.6. The highest BCUT2D eigenvalue weighted by Crippen LogP contribution is 2.67. The molecule has 7 unspecified atom stereocenters. The predicted octanol–water partition coefficient (Wildman–Crippen LogP) is 3.95. The van der Waals surface area contributed by atoms with Crippen LogP contribution in [0.5, 0.6) is 0 Å². The van der Waals surface area contributed by atoms with Gasteiger partial charge in [-0.3, -0.25) is 19.2 Å². The van der Waals surface area contributed by atoms with Gasteiger partial charge in [-0.25, -0.2) is 4.79 Å². The molecule has 0 aromatic heterocycles. The summed E-state index contributed by atoms with van der Waals surface area (Å²) >= 11 is 0. The standard InChI is InChI=1S/C34H43NO8/c1-32-15-12-23(36)19-22(32)8-9-24-25(32)13-16-33(2)26(24)14-17-34(33,42)28(37)20-43-30(39)11-10-29(38)35-27(31(40)41)18-21-6-4-3-5-7-21/h3-7,19,24-27,42H,8-18,20H2,1-2H3,(H,35,38)(H,40,41). The molecule has 0 radical (unpaired) electrons. The molecule has 7 atom stereocenters. The number of benzene rings is 1. The minimum atomic E-state index is -1.59. The summed E-state index contributed by atoms with van der Waals surface area (Å²) in [6, 6.07) is 7.78. The van der Waals surface area contributed by atoms with Gasteiger partial charge in [-0.15, -0.1) is 0 Å². The second kappa shape index (κ2) is 12.0. The van der Waals surface area contributed by atoms with E-state index < -0.39 is 47.3 Å². The third-order valence-electron chi connectivity index (χ3n) is 11.4. The van der Waals surface area contributed by atoms with Crippen molar-refractivity contribution >= 4 is 29.4 Å². The Balaban J connectivity index is 1.14. The molecule has 0 spiro atoms.